The zero-order chi connectivity index (χ0) is 13.0. The van der Waals surface area contributed by atoms with Crippen molar-refractivity contribution in [3.8, 4) is 0 Å². The standard InChI is InChI=1S/C10H6N7.Ga.H/c1-11-9(12-2)10-16-6-15-8(17-10)7-5-13-3-4-14-7;;/h3-6H,1H2;;/q-1;+1;/b10-9-;;. The van der Waals surface area contributed by atoms with Crippen LogP contribution in [-0.4, -0.2) is 51.3 Å². The summed E-state index contributed by atoms with van der Waals surface area (Å²) in [5.74, 6) is 0.920. The van der Waals surface area contributed by atoms with Crippen LogP contribution in [0, 0.1) is 6.57 Å². The average molecular weight is 295 g/mol. The van der Waals surface area contributed by atoms with Crippen LogP contribution in [0.2, 0.25) is 0 Å². The summed E-state index contributed by atoms with van der Waals surface area (Å²) in [6.07, 6.45) is 6.38. The van der Waals surface area contributed by atoms with Gasteiger partial charge in [0.2, 0.25) is 0 Å². The molecule has 0 unspecified atom stereocenters. The quantitative estimate of drug-likeness (QED) is 0.442. The van der Waals surface area contributed by atoms with Crippen LogP contribution in [0.1, 0.15) is 5.69 Å². The molecule has 0 aromatic carbocycles. The molecule has 0 bridgehead atoms. The van der Waals surface area contributed by atoms with Crippen molar-refractivity contribution < 1.29 is 0 Å². The van der Waals surface area contributed by atoms with E-state index in [-0.39, 0.29) is 11.6 Å². The second-order valence-electron chi connectivity index (χ2n) is 3.16. The normalized spacial score (nSPS) is 16.8. The van der Waals surface area contributed by atoms with E-state index in [0.29, 0.717) is 11.5 Å². The van der Waals surface area contributed by atoms with E-state index in [1.807, 2.05) is 3.61 Å². The third kappa shape index (κ3) is 2.37. The zero-order valence-electron chi connectivity index (χ0n) is 9.35. The predicted molar refractivity (Wildman–Crippen MR) is 69.2 cm³/mol. The van der Waals surface area contributed by atoms with Crippen LogP contribution in [0.5, 0.6) is 0 Å². The van der Waals surface area contributed by atoms with E-state index >= 15 is 0 Å². The summed E-state index contributed by atoms with van der Waals surface area (Å²) in [4.78, 5) is 23.3. The molecule has 0 atom stereocenters. The molecule has 0 spiro atoms. The van der Waals surface area contributed by atoms with Gasteiger partial charge < -0.3 is 0 Å². The van der Waals surface area contributed by atoms with E-state index in [0.717, 1.165) is 18.8 Å². The van der Waals surface area contributed by atoms with Crippen molar-refractivity contribution in [1.82, 2.24) is 13.6 Å². The molecule has 2 heterocycles. The first kappa shape index (κ1) is 12.2. The van der Waals surface area contributed by atoms with Crippen molar-refractivity contribution in [3.05, 3.63) is 47.3 Å². The molecule has 85 valence electrons. The van der Waals surface area contributed by atoms with E-state index in [1.54, 1.807) is 24.9 Å². The van der Waals surface area contributed by atoms with Gasteiger partial charge >= 0.3 is 114 Å². The van der Waals surface area contributed by atoms with E-state index in [2.05, 4.69) is 36.5 Å². The topological polar surface area (TPSA) is 70.5 Å². The number of hydrogen-bond acceptors (Lipinski definition) is 6. The average Bonchev–Trinajstić information content (AvgIpc) is 2.43. The van der Waals surface area contributed by atoms with Gasteiger partial charge in [0.25, 0.3) is 0 Å². The van der Waals surface area contributed by atoms with Crippen LogP contribution in [0.15, 0.2) is 45.2 Å². The molecule has 1 aromatic rings. The number of amidine groups is 1. The van der Waals surface area contributed by atoms with Gasteiger partial charge in [-0.1, -0.05) is 0 Å². The molecular formula is C10H7GaN7. The number of nitrogens with zero attached hydrogens (tertiary/aromatic N) is 7. The zero-order valence-corrected chi connectivity index (χ0v) is 12.3. The SMILES string of the molecule is [C-]#[N+]/C(N=C)=C1/N=C[N]([GaH])C(c2cnccn2)=N1. The minimum absolute atomic E-state index is 0.0701. The van der Waals surface area contributed by atoms with Crippen molar-refractivity contribution in [2.45, 2.75) is 0 Å². The molecule has 18 heavy (non-hydrogen) atoms. The van der Waals surface area contributed by atoms with Crippen LogP contribution < -0.4 is 0 Å². The van der Waals surface area contributed by atoms with Crippen molar-refractivity contribution in [2.24, 2.45) is 15.0 Å². The van der Waals surface area contributed by atoms with Gasteiger partial charge in [0, 0.05) is 0 Å². The Kier molecular flexibility index (Phi) is 3.66. The van der Waals surface area contributed by atoms with Gasteiger partial charge in [-0.25, -0.2) is 0 Å². The Balaban J connectivity index is 2.51. The summed E-state index contributed by atoms with van der Waals surface area (Å²) in [7, 11) is 0. The van der Waals surface area contributed by atoms with E-state index in [4.69, 9.17) is 6.57 Å². The third-order valence-corrected chi connectivity index (χ3v) is 3.02. The van der Waals surface area contributed by atoms with Gasteiger partial charge in [-0.2, -0.15) is 0 Å². The van der Waals surface area contributed by atoms with Crippen LogP contribution >= 0.6 is 0 Å². The first-order chi connectivity index (χ1) is 8.76. The monoisotopic (exact) mass is 294 g/mol. The van der Waals surface area contributed by atoms with Crippen LogP contribution in [0.3, 0.4) is 0 Å². The summed E-state index contributed by atoms with van der Waals surface area (Å²) in [5.41, 5.74) is 0.626. The summed E-state index contributed by atoms with van der Waals surface area (Å²) in [6.45, 7) is 10.3. The predicted octanol–water partition coefficient (Wildman–Crippen LogP) is 0.129. The molecule has 1 radical (unpaired) electrons. The van der Waals surface area contributed by atoms with E-state index in [9.17, 15) is 0 Å². The molecule has 8 heteroatoms. The molecule has 0 saturated carbocycles. The van der Waals surface area contributed by atoms with Gasteiger partial charge in [0.15, 0.2) is 0 Å². The third-order valence-electron chi connectivity index (χ3n) is 2.05. The number of aromatic nitrogens is 2. The fourth-order valence-electron chi connectivity index (χ4n) is 1.26. The molecule has 7 nitrogen and oxygen atoms in total. The molecule has 2 rings (SSSR count). The van der Waals surface area contributed by atoms with E-state index < -0.39 is 0 Å². The van der Waals surface area contributed by atoms with Crippen LogP contribution in [0.4, 0.5) is 0 Å². The van der Waals surface area contributed by atoms with Crippen molar-refractivity contribution in [2.75, 3.05) is 0 Å². The van der Waals surface area contributed by atoms with Crippen molar-refractivity contribution in [1.29, 1.82) is 0 Å². The minimum atomic E-state index is 0.0701. The molecule has 0 amide bonds. The van der Waals surface area contributed by atoms with Gasteiger partial charge in [0.1, 0.15) is 0 Å². The number of hydrogen-bond donors (Lipinski definition) is 0. The Morgan fingerprint density at radius 3 is 2.94 bits per heavy atom. The van der Waals surface area contributed by atoms with Gasteiger partial charge in [-0.05, 0) is 0 Å². The molecule has 0 aliphatic carbocycles. The number of rotatable bonds is 2. The molecule has 0 N–H and O–H groups in total. The summed E-state index contributed by atoms with van der Waals surface area (Å²) < 4.78 is 1.82. The molecule has 1 aromatic heterocycles. The van der Waals surface area contributed by atoms with Crippen LogP contribution in [-0.2, 0) is 0 Å². The Bertz CT molecular complexity index is 596. The molecule has 1 aliphatic rings. The first-order valence-electron chi connectivity index (χ1n) is 4.83. The fraction of sp³-hybridized carbons (Fsp3) is 0. The summed E-state index contributed by atoms with van der Waals surface area (Å²) >= 11 is 0.807. The Hall–Kier alpha value is -2.24. The fourth-order valence-corrected chi connectivity index (χ4v) is 1.91. The van der Waals surface area contributed by atoms with Gasteiger partial charge in [0.05, 0.1) is 0 Å². The van der Waals surface area contributed by atoms with E-state index in [1.165, 1.54) is 0 Å². The maximum atomic E-state index is 6.97. The van der Waals surface area contributed by atoms with Crippen molar-refractivity contribution >= 4 is 37.7 Å². The van der Waals surface area contributed by atoms with Gasteiger partial charge in [-0.3, -0.25) is 0 Å². The maximum absolute atomic E-state index is 6.97. The summed E-state index contributed by atoms with van der Waals surface area (Å²) in [5, 5.41) is 0. The molecule has 0 fully saturated rings. The first-order valence-corrected chi connectivity index (χ1v) is 6.16. The molecular weight excluding hydrogens is 288 g/mol. The summed E-state index contributed by atoms with van der Waals surface area (Å²) in [6, 6.07) is 0. The number of aliphatic imine (C=N–C) groups is 3. The second-order valence-corrected chi connectivity index (χ2v) is 4.59. The Morgan fingerprint density at radius 2 is 2.33 bits per heavy atom. The van der Waals surface area contributed by atoms with Crippen LogP contribution in [0.25, 0.3) is 4.85 Å². The molecule has 1 aliphatic heterocycles. The van der Waals surface area contributed by atoms with Crippen molar-refractivity contribution in [3.63, 3.8) is 0 Å². The Labute approximate surface area is 114 Å². The Morgan fingerprint density at radius 1 is 1.50 bits per heavy atom. The second kappa shape index (κ2) is 5.39. The molecule has 0 saturated heterocycles. The van der Waals surface area contributed by atoms with Gasteiger partial charge in [-0.15, -0.1) is 0 Å².